The fourth-order valence-corrected chi connectivity index (χ4v) is 3.14. The molecule has 152 valence electrons. The summed E-state index contributed by atoms with van der Waals surface area (Å²) in [5.74, 6) is -2.89. The first kappa shape index (κ1) is 20.4. The third kappa shape index (κ3) is 4.77. The third-order valence-electron chi connectivity index (χ3n) is 4.75. The molecule has 0 radical (unpaired) electrons. The predicted molar refractivity (Wildman–Crippen MR) is 104 cm³/mol. The van der Waals surface area contributed by atoms with Gasteiger partial charge >= 0.3 is 0 Å². The van der Waals surface area contributed by atoms with Crippen LogP contribution in [0, 0.1) is 17.6 Å². The molecule has 29 heavy (non-hydrogen) atoms. The van der Waals surface area contributed by atoms with Gasteiger partial charge in [-0.05, 0) is 50.2 Å². The molecule has 2 aromatic carbocycles. The quantitative estimate of drug-likeness (QED) is 0.806. The summed E-state index contributed by atoms with van der Waals surface area (Å²) in [7, 11) is 0. The normalized spacial score (nSPS) is 16.2. The van der Waals surface area contributed by atoms with Gasteiger partial charge < -0.3 is 15.5 Å². The molecule has 2 aromatic rings. The third-order valence-corrected chi connectivity index (χ3v) is 4.75. The zero-order valence-electron chi connectivity index (χ0n) is 16.0. The van der Waals surface area contributed by atoms with E-state index in [-0.39, 0.29) is 35.5 Å². The van der Waals surface area contributed by atoms with Crippen molar-refractivity contribution in [3.8, 4) is 0 Å². The van der Waals surface area contributed by atoms with Crippen LogP contribution in [0.25, 0.3) is 0 Å². The SMILES string of the molecule is CC(C)N1CC(C(=O)Nc2ccc(C(=O)Nc3ccc(F)cc3F)cc2)CC1=O. The molecular formula is C21H21F2N3O3. The molecule has 3 amide bonds. The van der Waals surface area contributed by atoms with Crippen LogP contribution in [0.1, 0.15) is 30.6 Å². The van der Waals surface area contributed by atoms with E-state index in [1.165, 1.54) is 12.1 Å². The summed E-state index contributed by atoms with van der Waals surface area (Å²) in [6.07, 6.45) is 0.174. The van der Waals surface area contributed by atoms with E-state index < -0.39 is 23.5 Å². The Bertz CT molecular complexity index is 945. The van der Waals surface area contributed by atoms with Crippen molar-refractivity contribution in [1.29, 1.82) is 0 Å². The van der Waals surface area contributed by atoms with Gasteiger partial charge in [0.25, 0.3) is 5.91 Å². The summed E-state index contributed by atoms with van der Waals surface area (Å²) >= 11 is 0. The lowest BCUT2D eigenvalue weighted by Crippen LogP contribution is -2.33. The molecule has 1 fully saturated rings. The van der Waals surface area contributed by atoms with Crippen molar-refractivity contribution < 1.29 is 23.2 Å². The predicted octanol–water partition coefficient (Wildman–Crippen LogP) is 3.41. The van der Waals surface area contributed by atoms with E-state index in [1.807, 2.05) is 13.8 Å². The van der Waals surface area contributed by atoms with Crippen molar-refractivity contribution in [3.05, 3.63) is 59.7 Å². The van der Waals surface area contributed by atoms with E-state index in [2.05, 4.69) is 10.6 Å². The molecule has 1 aliphatic rings. The van der Waals surface area contributed by atoms with E-state index in [9.17, 15) is 23.2 Å². The number of likely N-dealkylation sites (tertiary alicyclic amines) is 1. The summed E-state index contributed by atoms with van der Waals surface area (Å²) < 4.78 is 26.6. The fourth-order valence-electron chi connectivity index (χ4n) is 3.14. The first-order valence-electron chi connectivity index (χ1n) is 9.21. The Balaban J connectivity index is 1.60. The molecule has 1 aliphatic heterocycles. The summed E-state index contributed by atoms with van der Waals surface area (Å²) in [6.45, 7) is 4.19. The largest absolute Gasteiger partial charge is 0.339 e. The molecule has 1 saturated heterocycles. The maximum absolute atomic E-state index is 13.7. The maximum atomic E-state index is 13.7. The monoisotopic (exact) mass is 401 g/mol. The van der Waals surface area contributed by atoms with Crippen molar-refractivity contribution in [2.45, 2.75) is 26.3 Å². The van der Waals surface area contributed by atoms with Gasteiger partial charge in [0.15, 0.2) is 0 Å². The fraction of sp³-hybridized carbons (Fsp3) is 0.286. The number of carbonyl (C=O) groups is 3. The molecule has 3 rings (SSSR count). The number of benzene rings is 2. The lowest BCUT2D eigenvalue weighted by Gasteiger charge is -2.20. The van der Waals surface area contributed by atoms with Crippen LogP contribution >= 0.6 is 0 Å². The van der Waals surface area contributed by atoms with Crippen LogP contribution in [0.3, 0.4) is 0 Å². The molecule has 0 saturated carbocycles. The first-order valence-corrected chi connectivity index (χ1v) is 9.21. The van der Waals surface area contributed by atoms with Gasteiger partial charge in [-0.2, -0.15) is 0 Å². The van der Waals surface area contributed by atoms with Crippen LogP contribution in [0.5, 0.6) is 0 Å². The smallest absolute Gasteiger partial charge is 0.255 e. The Hall–Kier alpha value is -3.29. The van der Waals surface area contributed by atoms with Gasteiger partial charge in [-0.15, -0.1) is 0 Å². The standard InChI is InChI=1S/C21H21F2N3O3/c1-12(2)26-11-14(9-19(26)27)21(29)24-16-6-3-13(4-7-16)20(28)25-18-8-5-15(22)10-17(18)23/h3-8,10,12,14H,9,11H2,1-2H3,(H,24,29)(H,25,28). The molecule has 0 aromatic heterocycles. The number of rotatable bonds is 5. The molecule has 2 N–H and O–H groups in total. The summed E-state index contributed by atoms with van der Waals surface area (Å²) in [6, 6.07) is 8.97. The zero-order chi connectivity index (χ0) is 21.1. The Morgan fingerprint density at radius 1 is 1.07 bits per heavy atom. The highest BCUT2D eigenvalue weighted by Gasteiger charge is 2.35. The lowest BCUT2D eigenvalue weighted by molar-refractivity contribution is -0.129. The van der Waals surface area contributed by atoms with E-state index in [0.29, 0.717) is 18.3 Å². The second-order valence-electron chi connectivity index (χ2n) is 7.19. The Labute approximate surface area is 166 Å². The number of amides is 3. The second kappa shape index (κ2) is 8.38. The van der Waals surface area contributed by atoms with Crippen LogP contribution in [0.2, 0.25) is 0 Å². The van der Waals surface area contributed by atoms with Crippen molar-refractivity contribution in [3.63, 3.8) is 0 Å². The average Bonchev–Trinajstić information content (AvgIpc) is 3.07. The number of nitrogens with one attached hydrogen (secondary N) is 2. The molecule has 1 atom stereocenters. The van der Waals surface area contributed by atoms with Gasteiger partial charge in [0.1, 0.15) is 11.6 Å². The van der Waals surface area contributed by atoms with Crippen LogP contribution in [-0.2, 0) is 9.59 Å². The number of halogens is 2. The van der Waals surface area contributed by atoms with Crippen LogP contribution in [-0.4, -0.2) is 35.2 Å². The van der Waals surface area contributed by atoms with E-state index >= 15 is 0 Å². The van der Waals surface area contributed by atoms with Crippen LogP contribution in [0.4, 0.5) is 20.2 Å². The topological polar surface area (TPSA) is 78.5 Å². The molecule has 1 heterocycles. The Morgan fingerprint density at radius 3 is 2.34 bits per heavy atom. The van der Waals surface area contributed by atoms with E-state index in [0.717, 1.165) is 12.1 Å². The van der Waals surface area contributed by atoms with Crippen molar-refractivity contribution >= 4 is 29.1 Å². The highest BCUT2D eigenvalue weighted by Crippen LogP contribution is 2.22. The summed E-state index contributed by atoms with van der Waals surface area (Å²) in [5.41, 5.74) is 0.595. The van der Waals surface area contributed by atoms with Crippen LogP contribution in [0.15, 0.2) is 42.5 Å². The molecule has 8 heteroatoms. The molecule has 6 nitrogen and oxygen atoms in total. The van der Waals surface area contributed by atoms with Gasteiger partial charge in [-0.1, -0.05) is 0 Å². The molecule has 1 unspecified atom stereocenters. The molecule has 0 bridgehead atoms. The number of carbonyl (C=O) groups excluding carboxylic acids is 3. The number of hydrogen-bond acceptors (Lipinski definition) is 3. The van der Waals surface area contributed by atoms with Crippen molar-refractivity contribution in [2.75, 3.05) is 17.2 Å². The lowest BCUT2D eigenvalue weighted by atomic mass is 10.1. The van der Waals surface area contributed by atoms with Gasteiger partial charge in [0.05, 0.1) is 11.6 Å². The number of nitrogens with zero attached hydrogens (tertiary/aromatic N) is 1. The van der Waals surface area contributed by atoms with Gasteiger partial charge in [-0.3, -0.25) is 14.4 Å². The van der Waals surface area contributed by atoms with Gasteiger partial charge in [0.2, 0.25) is 11.8 Å². The average molecular weight is 401 g/mol. The first-order chi connectivity index (χ1) is 13.7. The molecule has 0 aliphatic carbocycles. The Morgan fingerprint density at radius 2 is 1.76 bits per heavy atom. The van der Waals surface area contributed by atoms with Crippen molar-refractivity contribution in [1.82, 2.24) is 4.90 Å². The van der Waals surface area contributed by atoms with Crippen molar-refractivity contribution in [2.24, 2.45) is 5.92 Å². The van der Waals surface area contributed by atoms with Crippen LogP contribution < -0.4 is 10.6 Å². The van der Waals surface area contributed by atoms with Gasteiger partial charge in [-0.25, -0.2) is 8.78 Å². The molecular weight excluding hydrogens is 380 g/mol. The summed E-state index contributed by atoms with van der Waals surface area (Å²) in [4.78, 5) is 38.3. The number of hydrogen-bond donors (Lipinski definition) is 2. The minimum Gasteiger partial charge on any atom is -0.339 e. The number of anilines is 2. The van der Waals surface area contributed by atoms with Gasteiger partial charge in [0, 0.05) is 36.3 Å². The second-order valence-corrected chi connectivity index (χ2v) is 7.19. The van der Waals surface area contributed by atoms with E-state index in [4.69, 9.17) is 0 Å². The minimum absolute atomic E-state index is 0.0415. The summed E-state index contributed by atoms with van der Waals surface area (Å²) in [5, 5.41) is 5.11. The zero-order valence-corrected chi connectivity index (χ0v) is 16.0. The highest BCUT2D eigenvalue weighted by atomic mass is 19.1. The Kier molecular flexibility index (Phi) is 5.91. The maximum Gasteiger partial charge on any atom is 0.255 e. The molecule has 0 spiro atoms. The highest BCUT2D eigenvalue weighted by molar-refractivity contribution is 6.05. The van der Waals surface area contributed by atoms with E-state index in [1.54, 1.807) is 17.0 Å². The minimum atomic E-state index is -0.871.